The second-order valence-electron chi connectivity index (χ2n) is 4.26. The number of alkyl carbamates (subject to hydrolysis) is 1. The average molecular weight is 183 g/mol. The van der Waals surface area contributed by atoms with Gasteiger partial charge in [-0.05, 0) is 33.6 Å². The average Bonchev–Trinajstić information content (AvgIpc) is 2.34. The van der Waals surface area contributed by atoms with Gasteiger partial charge in [0.15, 0.2) is 0 Å². The fourth-order valence-electron chi connectivity index (χ4n) is 1.21. The number of nitrogens with one attached hydrogen (secondary N) is 1. The Balaban J connectivity index is 2.29. The Morgan fingerprint density at radius 3 is 2.69 bits per heavy atom. The lowest BCUT2D eigenvalue weighted by molar-refractivity contribution is 0.0514. The van der Waals surface area contributed by atoms with Gasteiger partial charge in [0, 0.05) is 0 Å². The van der Waals surface area contributed by atoms with E-state index in [9.17, 15) is 4.79 Å². The quantitative estimate of drug-likeness (QED) is 0.633. The summed E-state index contributed by atoms with van der Waals surface area (Å²) in [5.41, 5.74) is -0.410. The van der Waals surface area contributed by atoms with Crippen molar-refractivity contribution in [3.8, 4) is 0 Å². The summed E-state index contributed by atoms with van der Waals surface area (Å²) in [6, 6.07) is 0.162. The second kappa shape index (κ2) is 3.81. The molecule has 1 N–H and O–H groups in total. The maximum Gasteiger partial charge on any atom is 0.408 e. The van der Waals surface area contributed by atoms with Crippen LogP contribution in [0.15, 0.2) is 12.2 Å². The molecule has 1 atom stereocenters. The summed E-state index contributed by atoms with van der Waals surface area (Å²) in [6.07, 6.45) is 5.77. The highest BCUT2D eigenvalue weighted by Crippen LogP contribution is 2.11. The maximum atomic E-state index is 11.2. The number of allylic oxidation sites excluding steroid dienone is 1. The minimum Gasteiger partial charge on any atom is -0.444 e. The van der Waals surface area contributed by atoms with Gasteiger partial charge < -0.3 is 10.1 Å². The Hall–Kier alpha value is -0.990. The van der Waals surface area contributed by atoms with E-state index in [1.54, 1.807) is 0 Å². The summed E-state index contributed by atoms with van der Waals surface area (Å²) >= 11 is 0. The van der Waals surface area contributed by atoms with Crippen LogP contribution in [0.4, 0.5) is 4.79 Å². The van der Waals surface area contributed by atoms with Crippen molar-refractivity contribution in [2.45, 2.75) is 45.3 Å². The van der Waals surface area contributed by atoms with Gasteiger partial charge in [0.1, 0.15) is 5.60 Å². The zero-order valence-corrected chi connectivity index (χ0v) is 8.46. The fourth-order valence-corrected chi connectivity index (χ4v) is 1.21. The van der Waals surface area contributed by atoms with E-state index in [1.165, 1.54) is 0 Å². The molecule has 74 valence electrons. The topological polar surface area (TPSA) is 38.3 Å². The van der Waals surface area contributed by atoms with Crippen LogP contribution in [0.5, 0.6) is 0 Å². The fraction of sp³-hybridized carbons (Fsp3) is 0.700. The molecule has 0 heterocycles. The smallest absolute Gasteiger partial charge is 0.408 e. The van der Waals surface area contributed by atoms with Crippen LogP contribution in [0.3, 0.4) is 0 Å². The van der Waals surface area contributed by atoms with Crippen LogP contribution in [0.2, 0.25) is 0 Å². The highest BCUT2D eigenvalue weighted by Gasteiger charge is 2.18. The van der Waals surface area contributed by atoms with E-state index in [1.807, 2.05) is 26.8 Å². The Morgan fingerprint density at radius 1 is 1.54 bits per heavy atom. The highest BCUT2D eigenvalue weighted by molar-refractivity contribution is 5.68. The third kappa shape index (κ3) is 3.97. The van der Waals surface area contributed by atoms with E-state index in [-0.39, 0.29) is 12.1 Å². The molecule has 0 aromatic heterocycles. The summed E-state index contributed by atoms with van der Waals surface area (Å²) in [5, 5.41) is 2.79. The molecule has 0 aromatic rings. The first-order valence-electron chi connectivity index (χ1n) is 4.63. The normalized spacial score (nSPS) is 21.6. The lowest BCUT2D eigenvalue weighted by atomic mass is 10.2. The Labute approximate surface area is 79.2 Å². The van der Waals surface area contributed by atoms with Crippen molar-refractivity contribution in [3.05, 3.63) is 12.2 Å². The van der Waals surface area contributed by atoms with Crippen molar-refractivity contribution in [3.63, 3.8) is 0 Å². The molecule has 1 unspecified atom stereocenters. The molecule has 0 spiro atoms. The number of ether oxygens (including phenoxy) is 1. The van der Waals surface area contributed by atoms with Crippen molar-refractivity contribution in [1.82, 2.24) is 5.32 Å². The molecule has 13 heavy (non-hydrogen) atoms. The maximum absolute atomic E-state index is 11.2. The lowest BCUT2D eigenvalue weighted by Gasteiger charge is -2.21. The first-order chi connectivity index (χ1) is 5.97. The zero-order valence-electron chi connectivity index (χ0n) is 8.46. The third-order valence-corrected chi connectivity index (χ3v) is 1.71. The molecule has 1 aliphatic rings. The molecule has 0 fully saturated rings. The van der Waals surface area contributed by atoms with Gasteiger partial charge in [-0.25, -0.2) is 4.79 Å². The molecular formula is C10H17NO2. The molecule has 1 amide bonds. The first-order valence-corrected chi connectivity index (χ1v) is 4.63. The summed E-state index contributed by atoms with van der Waals surface area (Å²) in [4.78, 5) is 11.2. The molecular weight excluding hydrogens is 166 g/mol. The number of amides is 1. The largest absolute Gasteiger partial charge is 0.444 e. The van der Waals surface area contributed by atoms with Crippen molar-refractivity contribution in [2.24, 2.45) is 0 Å². The van der Waals surface area contributed by atoms with Gasteiger partial charge in [0.25, 0.3) is 0 Å². The van der Waals surface area contributed by atoms with E-state index < -0.39 is 5.60 Å². The molecule has 3 nitrogen and oxygen atoms in total. The molecule has 1 aliphatic carbocycles. The minimum absolute atomic E-state index is 0.162. The molecule has 3 heteroatoms. The minimum atomic E-state index is -0.410. The summed E-state index contributed by atoms with van der Waals surface area (Å²) < 4.78 is 5.12. The van der Waals surface area contributed by atoms with Gasteiger partial charge in [0.05, 0.1) is 6.04 Å². The monoisotopic (exact) mass is 183 g/mol. The third-order valence-electron chi connectivity index (χ3n) is 1.71. The van der Waals surface area contributed by atoms with E-state index in [2.05, 4.69) is 11.4 Å². The van der Waals surface area contributed by atoms with E-state index in [0.29, 0.717) is 0 Å². The zero-order chi connectivity index (χ0) is 9.90. The molecule has 0 radical (unpaired) electrons. The number of carbonyl (C=O) groups is 1. The molecule has 1 rings (SSSR count). The molecule has 0 saturated carbocycles. The van der Waals surface area contributed by atoms with Gasteiger partial charge in [-0.2, -0.15) is 0 Å². The van der Waals surface area contributed by atoms with Gasteiger partial charge >= 0.3 is 6.09 Å². The first kappa shape index (κ1) is 10.1. The predicted molar refractivity (Wildman–Crippen MR) is 51.5 cm³/mol. The molecule has 0 aromatic carbocycles. The van der Waals surface area contributed by atoms with Gasteiger partial charge in [-0.3, -0.25) is 0 Å². The number of carbonyl (C=O) groups excluding carboxylic acids is 1. The van der Waals surface area contributed by atoms with Crippen LogP contribution >= 0.6 is 0 Å². The summed E-state index contributed by atoms with van der Waals surface area (Å²) in [7, 11) is 0. The number of rotatable bonds is 1. The molecule has 0 saturated heterocycles. The van der Waals surface area contributed by atoms with Crippen LogP contribution < -0.4 is 5.32 Å². The molecule has 0 bridgehead atoms. The second-order valence-corrected chi connectivity index (χ2v) is 4.26. The lowest BCUT2D eigenvalue weighted by Crippen LogP contribution is -2.37. The Kier molecular flexibility index (Phi) is 2.96. The van der Waals surface area contributed by atoms with Crippen LogP contribution in [0.1, 0.15) is 33.6 Å². The van der Waals surface area contributed by atoms with Crippen molar-refractivity contribution < 1.29 is 9.53 Å². The standard InChI is InChI=1S/C10H17NO2/c1-10(2,3)13-9(12)11-8-6-4-5-7-8/h4,6,8H,5,7H2,1-3H3,(H,11,12). The Morgan fingerprint density at radius 2 is 2.23 bits per heavy atom. The van der Waals surface area contributed by atoms with Crippen LogP contribution in [0.25, 0.3) is 0 Å². The molecule has 0 aliphatic heterocycles. The predicted octanol–water partition coefficient (Wildman–Crippen LogP) is 2.23. The van der Waals surface area contributed by atoms with Crippen LogP contribution in [-0.2, 0) is 4.74 Å². The van der Waals surface area contributed by atoms with E-state index >= 15 is 0 Å². The van der Waals surface area contributed by atoms with Crippen LogP contribution in [-0.4, -0.2) is 17.7 Å². The van der Waals surface area contributed by atoms with Gasteiger partial charge in [0.2, 0.25) is 0 Å². The van der Waals surface area contributed by atoms with E-state index in [4.69, 9.17) is 4.74 Å². The van der Waals surface area contributed by atoms with Crippen molar-refractivity contribution in [1.29, 1.82) is 0 Å². The van der Waals surface area contributed by atoms with E-state index in [0.717, 1.165) is 12.8 Å². The number of hydrogen-bond acceptors (Lipinski definition) is 2. The van der Waals surface area contributed by atoms with Gasteiger partial charge in [-0.1, -0.05) is 12.2 Å². The number of hydrogen-bond donors (Lipinski definition) is 1. The summed E-state index contributed by atoms with van der Waals surface area (Å²) in [6.45, 7) is 5.57. The highest BCUT2D eigenvalue weighted by atomic mass is 16.6. The summed E-state index contributed by atoms with van der Waals surface area (Å²) in [5.74, 6) is 0. The Bertz CT molecular complexity index is 215. The van der Waals surface area contributed by atoms with Gasteiger partial charge in [-0.15, -0.1) is 0 Å². The van der Waals surface area contributed by atoms with Crippen LogP contribution in [0, 0.1) is 0 Å². The van der Waals surface area contributed by atoms with Crippen molar-refractivity contribution in [2.75, 3.05) is 0 Å². The SMILES string of the molecule is CC(C)(C)OC(=O)NC1C=CCC1. The van der Waals surface area contributed by atoms with Crippen molar-refractivity contribution >= 4 is 6.09 Å².